The standard InChI is InChI=1S/C10H13NO3/c1-3-11-7-4-5-8(9(12)6-7)10(13)14-2/h4-6,11-12H,3H2,1-2H3. The molecule has 0 amide bonds. The van der Waals surface area contributed by atoms with E-state index in [4.69, 9.17) is 0 Å². The van der Waals surface area contributed by atoms with Gasteiger partial charge in [-0.1, -0.05) is 0 Å². The summed E-state index contributed by atoms with van der Waals surface area (Å²) in [7, 11) is 1.28. The Morgan fingerprint density at radius 2 is 2.29 bits per heavy atom. The maximum Gasteiger partial charge on any atom is 0.341 e. The van der Waals surface area contributed by atoms with Crippen LogP contribution in [0.15, 0.2) is 18.2 Å². The van der Waals surface area contributed by atoms with E-state index >= 15 is 0 Å². The molecule has 2 N–H and O–H groups in total. The van der Waals surface area contributed by atoms with Crippen LogP contribution < -0.4 is 5.32 Å². The fraction of sp³-hybridized carbons (Fsp3) is 0.300. The van der Waals surface area contributed by atoms with Crippen LogP contribution in [0, 0.1) is 0 Å². The number of anilines is 1. The minimum atomic E-state index is -0.537. The van der Waals surface area contributed by atoms with Gasteiger partial charge in [-0.25, -0.2) is 4.79 Å². The van der Waals surface area contributed by atoms with Crippen LogP contribution in [0.25, 0.3) is 0 Å². The highest BCUT2D eigenvalue weighted by molar-refractivity contribution is 5.92. The van der Waals surface area contributed by atoms with Gasteiger partial charge in [0.2, 0.25) is 0 Å². The number of esters is 1. The summed E-state index contributed by atoms with van der Waals surface area (Å²) in [5.41, 5.74) is 0.951. The third-order valence-corrected chi connectivity index (χ3v) is 1.78. The van der Waals surface area contributed by atoms with Gasteiger partial charge in [-0.15, -0.1) is 0 Å². The van der Waals surface area contributed by atoms with Crippen molar-refractivity contribution in [1.29, 1.82) is 0 Å². The van der Waals surface area contributed by atoms with E-state index in [0.29, 0.717) is 0 Å². The van der Waals surface area contributed by atoms with Crippen LogP contribution in [0.1, 0.15) is 17.3 Å². The van der Waals surface area contributed by atoms with E-state index < -0.39 is 5.97 Å². The van der Waals surface area contributed by atoms with Crippen LogP contribution in [-0.4, -0.2) is 24.7 Å². The SMILES string of the molecule is CCNc1ccc(C(=O)OC)c(O)c1. The summed E-state index contributed by atoms with van der Waals surface area (Å²) in [5, 5.41) is 12.5. The topological polar surface area (TPSA) is 58.6 Å². The quantitative estimate of drug-likeness (QED) is 0.719. The lowest BCUT2D eigenvalue weighted by Crippen LogP contribution is -2.02. The van der Waals surface area contributed by atoms with Gasteiger partial charge < -0.3 is 15.2 Å². The Morgan fingerprint density at radius 1 is 1.57 bits per heavy atom. The summed E-state index contributed by atoms with van der Waals surface area (Å²) >= 11 is 0. The Labute approximate surface area is 82.5 Å². The average Bonchev–Trinajstić information content (AvgIpc) is 2.17. The number of aromatic hydroxyl groups is 1. The summed E-state index contributed by atoms with van der Waals surface area (Å²) in [5.74, 6) is -0.610. The van der Waals surface area contributed by atoms with Gasteiger partial charge in [-0.3, -0.25) is 0 Å². The molecule has 1 rings (SSSR count). The van der Waals surface area contributed by atoms with E-state index in [1.165, 1.54) is 19.2 Å². The Kier molecular flexibility index (Phi) is 3.34. The zero-order valence-corrected chi connectivity index (χ0v) is 8.20. The molecule has 0 aromatic heterocycles. The van der Waals surface area contributed by atoms with E-state index in [9.17, 15) is 9.90 Å². The molecule has 0 heterocycles. The molecule has 0 aliphatic heterocycles. The van der Waals surface area contributed by atoms with Gasteiger partial charge in [0.25, 0.3) is 0 Å². The number of phenols is 1. The molecule has 0 saturated carbocycles. The van der Waals surface area contributed by atoms with Crippen molar-refractivity contribution in [3.05, 3.63) is 23.8 Å². The van der Waals surface area contributed by atoms with Gasteiger partial charge in [-0.2, -0.15) is 0 Å². The number of carbonyl (C=O) groups is 1. The molecular formula is C10H13NO3. The van der Waals surface area contributed by atoms with E-state index in [2.05, 4.69) is 10.1 Å². The van der Waals surface area contributed by atoms with Crippen LogP contribution in [0.5, 0.6) is 5.75 Å². The number of methoxy groups -OCH3 is 1. The number of nitrogens with one attached hydrogen (secondary N) is 1. The number of hydrogen-bond donors (Lipinski definition) is 2. The fourth-order valence-electron chi connectivity index (χ4n) is 1.13. The number of phenolic OH excluding ortho intramolecular Hbond substituents is 1. The smallest absolute Gasteiger partial charge is 0.341 e. The first kappa shape index (κ1) is 10.4. The minimum absolute atomic E-state index is 0.0738. The lowest BCUT2D eigenvalue weighted by molar-refractivity contribution is 0.0597. The molecule has 0 spiro atoms. The lowest BCUT2D eigenvalue weighted by atomic mass is 10.2. The Morgan fingerprint density at radius 3 is 2.79 bits per heavy atom. The second-order valence-corrected chi connectivity index (χ2v) is 2.75. The number of hydrogen-bond acceptors (Lipinski definition) is 4. The summed E-state index contributed by atoms with van der Waals surface area (Å²) < 4.78 is 4.50. The molecule has 0 aliphatic rings. The van der Waals surface area contributed by atoms with Crippen molar-refractivity contribution in [2.24, 2.45) is 0 Å². The van der Waals surface area contributed by atoms with Crippen LogP contribution in [0.4, 0.5) is 5.69 Å². The maximum atomic E-state index is 11.1. The summed E-state index contributed by atoms with van der Waals surface area (Å²) in [6.45, 7) is 2.71. The van der Waals surface area contributed by atoms with Gasteiger partial charge in [0.05, 0.1) is 7.11 Å². The highest BCUT2D eigenvalue weighted by atomic mass is 16.5. The zero-order chi connectivity index (χ0) is 10.6. The Balaban J connectivity index is 2.95. The summed E-state index contributed by atoms with van der Waals surface area (Å²) in [4.78, 5) is 11.1. The third-order valence-electron chi connectivity index (χ3n) is 1.78. The van der Waals surface area contributed by atoms with E-state index in [1.807, 2.05) is 6.92 Å². The van der Waals surface area contributed by atoms with Crippen LogP contribution in [-0.2, 0) is 4.74 Å². The monoisotopic (exact) mass is 195 g/mol. The molecule has 4 nitrogen and oxygen atoms in total. The first-order chi connectivity index (χ1) is 6.69. The van der Waals surface area contributed by atoms with Gasteiger partial charge in [0, 0.05) is 18.3 Å². The van der Waals surface area contributed by atoms with Crippen molar-refractivity contribution >= 4 is 11.7 Å². The average molecular weight is 195 g/mol. The second kappa shape index (κ2) is 4.50. The molecule has 4 heteroatoms. The van der Waals surface area contributed by atoms with E-state index in [0.717, 1.165) is 12.2 Å². The highest BCUT2D eigenvalue weighted by Crippen LogP contribution is 2.22. The molecule has 0 unspecified atom stereocenters. The normalized spacial score (nSPS) is 9.57. The highest BCUT2D eigenvalue weighted by Gasteiger charge is 2.10. The lowest BCUT2D eigenvalue weighted by Gasteiger charge is -2.06. The molecule has 1 aromatic carbocycles. The number of rotatable bonds is 3. The minimum Gasteiger partial charge on any atom is -0.507 e. The van der Waals surface area contributed by atoms with Crippen LogP contribution >= 0.6 is 0 Å². The molecule has 14 heavy (non-hydrogen) atoms. The first-order valence-corrected chi connectivity index (χ1v) is 4.34. The number of ether oxygens (including phenoxy) is 1. The first-order valence-electron chi connectivity index (χ1n) is 4.34. The molecule has 0 radical (unpaired) electrons. The molecule has 0 bridgehead atoms. The summed E-state index contributed by atoms with van der Waals surface area (Å²) in [6, 6.07) is 4.74. The van der Waals surface area contributed by atoms with Gasteiger partial charge in [-0.05, 0) is 19.1 Å². The molecule has 1 aromatic rings. The van der Waals surface area contributed by atoms with Crippen LogP contribution in [0.2, 0.25) is 0 Å². The Bertz CT molecular complexity index is 336. The van der Waals surface area contributed by atoms with E-state index in [1.54, 1.807) is 6.07 Å². The third kappa shape index (κ3) is 2.16. The van der Waals surface area contributed by atoms with Gasteiger partial charge in [0.15, 0.2) is 0 Å². The maximum absolute atomic E-state index is 11.1. The fourth-order valence-corrected chi connectivity index (χ4v) is 1.13. The van der Waals surface area contributed by atoms with Crippen molar-refractivity contribution in [3.63, 3.8) is 0 Å². The molecule has 76 valence electrons. The molecule has 0 atom stereocenters. The largest absolute Gasteiger partial charge is 0.507 e. The van der Waals surface area contributed by atoms with Crippen molar-refractivity contribution in [1.82, 2.24) is 0 Å². The second-order valence-electron chi connectivity index (χ2n) is 2.75. The van der Waals surface area contributed by atoms with Gasteiger partial charge in [0.1, 0.15) is 11.3 Å². The predicted octanol–water partition coefficient (Wildman–Crippen LogP) is 1.61. The zero-order valence-electron chi connectivity index (χ0n) is 8.20. The van der Waals surface area contributed by atoms with E-state index in [-0.39, 0.29) is 11.3 Å². The van der Waals surface area contributed by atoms with Crippen molar-refractivity contribution in [2.45, 2.75) is 6.92 Å². The van der Waals surface area contributed by atoms with Crippen molar-refractivity contribution in [2.75, 3.05) is 19.0 Å². The van der Waals surface area contributed by atoms with Crippen LogP contribution in [0.3, 0.4) is 0 Å². The Hall–Kier alpha value is -1.71. The van der Waals surface area contributed by atoms with Crippen molar-refractivity contribution in [3.8, 4) is 5.75 Å². The molecule has 0 aliphatic carbocycles. The van der Waals surface area contributed by atoms with Gasteiger partial charge >= 0.3 is 5.97 Å². The predicted molar refractivity (Wildman–Crippen MR) is 53.6 cm³/mol. The summed E-state index contributed by atoms with van der Waals surface area (Å²) in [6.07, 6.45) is 0. The number of carbonyl (C=O) groups excluding carboxylic acids is 1. The van der Waals surface area contributed by atoms with Crippen molar-refractivity contribution < 1.29 is 14.6 Å². The number of benzene rings is 1. The molecule has 0 saturated heterocycles. The molecular weight excluding hydrogens is 182 g/mol. The molecule has 0 fully saturated rings.